The number of pyridine rings is 1. The third-order valence-corrected chi connectivity index (χ3v) is 6.38. The summed E-state index contributed by atoms with van der Waals surface area (Å²) in [5.41, 5.74) is 1.76. The van der Waals surface area contributed by atoms with E-state index in [1.165, 1.54) is 18.2 Å². The van der Waals surface area contributed by atoms with Gasteiger partial charge in [0.1, 0.15) is 0 Å². The van der Waals surface area contributed by atoms with Gasteiger partial charge in [0.15, 0.2) is 11.0 Å². The normalized spacial score (nSPS) is 21.1. The first kappa shape index (κ1) is 19.2. The third-order valence-electron chi connectivity index (χ3n) is 5.05. The molecule has 2 fully saturated rings. The molecule has 0 atom stereocenters. The zero-order valence-corrected chi connectivity index (χ0v) is 17.3. The Labute approximate surface area is 174 Å². The van der Waals surface area contributed by atoms with E-state index in [1.54, 1.807) is 0 Å². The number of rotatable bonds is 3. The maximum Gasteiger partial charge on any atom is 0.267 e. The van der Waals surface area contributed by atoms with Crippen molar-refractivity contribution in [3.8, 4) is 0 Å². The van der Waals surface area contributed by atoms with Gasteiger partial charge in [-0.25, -0.2) is 9.98 Å². The number of aromatic nitrogens is 1. The largest absolute Gasteiger partial charge is 0.283 e. The zero-order chi connectivity index (χ0) is 19.5. The average Bonchev–Trinajstić information content (AvgIpc) is 2.99. The summed E-state index contributed by atoms with van der Waals surface area (Å²) in [5, 5.41) is 1.35. The van der Waals surface area contributed by atoms with Crippen molar-refractivity contribution < 1.29 is 4.79 Å². The molecule has 1 aromatic carbocycles. The lowest BCUT2D eigenvalue weighted by molar-refractivity contribution is -0.124. The molecule has 0 N–H and O–H groups in total. The van der Waals surface area contributed by atoms with E-state index in [9.17, 15) is 4.79 Å². The number of amides is 1. The predicted molar refractivity (Wildman–Crippen MR) is 117 cm³/mol. The first-order chi connectivity index (χ1) is 13.6. The van der Waals surface area contributed by atoms with Gasteiger partial charge in [-0.3, -0.25) is 9.69 Å². The van der Waals surface area contributed by atoms with E-state index < -0.39 is 0 Å². The van der Waals surface area contributed by atoms with Crippen LogP contribution in [0.2, 0.25) is 5.02 Å². The maximum atomic E-state index is 13.3. The highest BCUT2D eigenvalue weighted by Gasteiger charge is 2.38. The minimum atomic E-state index is 0.0169. The quantitative estimate of drug-likeness (QED) is 0.583. The summed E-state index contributed by atoms with van der Waals surface area (Å²) in [6.45, 7) is 1.94. The van der Waals surface area contributed by atoms with E-state index in [2.05, 4.69) is 4.98 Å². The number of nitrogens with zero attached hydrogens (tertiary/aromatic N) is 3. The fourth-order valence-electron chi connectivity index (χ4n) is 3.65. The predicted octanol–water partition coefficient (Wildman–Crippen LogP) is 5.98. The fourth-order valence-corrected chi connectivity index (χ4v) is 4.88. The molecule has 2 heterocycles. The standard InChI is InChI=1S/C22H22ClN3OS/c1-15-8-7-13-20(24-15)25-22-26(17-10-3-2-4-11-17)21(27)19(28-22)14-16-9-5-6-12-18(16)23/h5-9,12-14,17H,2-4,10-11H2,1H3/b19-14-,25-22+. The molecule has 1 aliphatic carbocycles. The van der Waals surface area contributed by atoms with E-state index in [0.717, 1.165) is 36.9 Å². The Morgan fingerprint density at radius 2 is 1.93 bits per heavy atom. The highest BCUT2D eigenvalue weighted by molar-refractivity contribution is 8.18. The molecule has 28 heavy (non-hydrogen) atoms. The van der Waals surface area contributed by atoms with Crippen molar-refractivity contribution in [3.05, 3.63) is 63.6 Å². The molecule has 4 rings (SSSR count). The molecule has 4 nitrogen and oxygen atoms in total. The second-order valence-electron chi connectivity index (χ2n) is 7.13. The van der Waals surface area contributed by atoms with Crippen LogP contribution in [-0.4, -0.2) is 27.0 Å². The van der Waals surface area contributed by atoms with Crippen molar-refractivity contribution in [2.45, 2.75) is 45.1 Å². The molecule has 1 saturated carbocycles. The van der Waals surface area contributed by atoms with Gasteiger partial charge in [-0.2, -0.15) is 0 Å². The highest BCUT2D eigenvalue weighted by atomic mass is 35.5. The van der Waals surface area contributed by atoms with Crippen molar-refractivity contribution in [1.29, 1.82) is 0 Å². The van der Waals surface area contributed by atoms with Gasteiger partial charge < -0.3 is 0 Å². The number of aryl methyl sites for hydroxylation is 1. The molecule has 1 saturated heterocycles. The molecule has 2 aromatic rings. The van der Waals surface area contributed by atoms with Crippen LogP contribution in [0.5, 0.6) is 0 Å². The Morgan fingerprint density at radius 1 is 1.14 bits per heavy atom. The Kier molecular flexibility index (Phi) is 5.83. The van der Waals surface area contributed by atoms with Gasteiger partial charge in [-0.15, -0.1) is 0 Å². The molecule has 0 bridgehead atoms. The van der Waals surface area contributed by atoms with Crippen molar-refractivity contribution >= 4 is 46.3 Å². The molecule has 1 aliphatic heterocycles. The Morgan fingerprint density at radius 3 is 2.68 bits per heavy atom. The molecule has 2 aliphatic rings. The topological polar surface area (TPSA) is 45.6 Å². The molecule has 0 radical (unpaired) electrons. The second kappa shape index (κ2) is 8.50. The van der Waals surface area contributed by atoms with Crippen LogP contribution in [0.15, 0.2) is 52.4 Å². The molecule has 1 amide bonds. The lowest BCUT2D eigenvalue weighted by atomic mass is 9.94. The van der Waals surface area contributed by atoms with Crippen LogP contribution in [0.4, 0.5) is 5.82 Å². The van der Waals surface area contributed by atoms with Gasteiger partial charge in [-0.05, 0) is 61.4 Å². The molecule has 0 spiro atoms. The lowest BCUT2D eigenvalue weighted by Gasteiger charge is -2.30. The Balaban J connectivity index is 1.72. The number of halogens is 1. The van der Waals surface area contributed by atoms with Crippen molar-refractivity contribution in [2.24, 2.45) is 4.99 Å². The molecular weight excluding hydrogens is 390 g/mol. The molecular formula is C22H22ClN3OS. The molecule has 6 heteroatoms. The summed E-state index contributed by atoms with van der Waals surface area (Å²) in [7, 11) is 0. The molecule has 0 unspecified atom stereocenters. The van der Waals surface area contributed by atoms with Crippen LogP contribution in [0, 0.1) is 6.92 Å². The molecule has 144 valence electrons. The van der Waals surface area contributed by atoms with E-state index in [0.29, 0.717) is 20.9 Å². The van der Waals surface area contributed by atoms with Gasteiger partial charge in [-0.1, -0.05) is 55.1 Å². The van der Waals surface area contributed by atoms with Crippen molar-refractivity contribution in [3.63, 3.8) is 0 Å². The van der Waals surface area contributed by atoms with Crippen LogP contribution in [-0.2, 0) is 4.79 Å². The third kappa shape index (κ3) is 4.15. The minimum absolute atomic E-state index is 0.0169. The number of thioether (sulfide) groups is 1. The number of carbonyl (C=O) groups excluding carboxylic acids is 1. The minimum Gasteiger partial charge on any atom is -0.283 e. The Bertz CT molecular complexity index is 950. The van der Waals surface area contributed by atoms with Gasteiger partial charge in [0.05, 0.1) is 4.91 Å². The number of carbonyl (C=O) groups is 1. The van der Waals surface area contributed by atoms with Crippen LogP contribution < -0.4 is 0 Å². The lowest BCUT2D eigenvalue weighted by Crippen LogP contribution is -2.40. The number of hydrogen-bond acceptors (Lipinski definition) is 4. The van der Waals surface area contributed by atoms with Gasteiger partial charge in [0.25, 0.3) is 5.91 Å². The molecule has 1 aromatic heterocycles. The van der Waals surface area contributed by atoms with Crippen molar-refractivity contribution in [1.82, 2.24) is 9.88 Å². The van der Waals surface area contributed by atoms with Crippen LogP contribution in [0.1, 0.15) is 43.4 Å². The van der Waals surface area contributed by atoms with Gasteiger partial charge >= 0.3 is 0 Å². The number of hydrogen-bond donors (Lipinski definition) is 0. The first-order valence-electron chi connectivity index (χ1n) is 9.62. The monoisotopic (exact) mass is 411 g/mol. The number of benzene rings is 1. The smallest absolute Gasteiger partial charge is 0.267 e. The number of aliphatic imine (C=N–C) groups is 1. The Hall–Kier alpha value is -2.11. The summed E-state index contributed by atoms with van der Waals surface area (Å²) < 4.78 is 0. The van der Waals surface area contributed by atoms with E-state index >= 15 is 0 Å². The highest BCUT2D eigenvalue weighted by Crippen LogP contribution is 2.38. The van der Waals surface area contributed by atoms with Crippen LogP contribution in [0.3, 0.4) is 0 Å². The SMILES string of the molecule is Cc1cccc(/N=C2/S/C(=C\c3ccccc3Cl)C(=O)N2C2CCCCC2)n1. The van der Waals surface area contributed by atoms with Gasteiger partial charge in [0.2, 0.25) is 0 Å². The summed E-state index contributed by atoms with van der Waals surface area (Å²) in [5.74, 6) is 0.651. The van der Waals surface area contributed by atoms with Crippen LogP contribution >= 0.6 is 23.4 Å². The fraction of sp³-hybridized carbons (Fsp3) is 0.318. The number of amidine groups is 1. The maximum absolute atomic E-state index is 13.3. The summed E-state index contributed by atoms with van der Waals surface area (Å²) in [4.78, 5) is 25.0. The van der Waals surface area contributed by atoms with Crippen LogP contribution in [0.25, 0.3) is 6.08 Å². The van der Waals surface area contributed by atoms with E-state index in [1.807, 2.05) is 60.4 Å². The van der Waals surface area contributed by atoms with Gasteiger partial charge in [0, 0.05) is 16.8 Å². The summed E-state index contributed by atoms with van der Waals surface area (Å²) in [6.07, 6.45) is 7.45. The van der Waals surface area contributed by atoms with E-state index in [-0.39, 0.29) is 11.9 Å². The first-order valence-corrected chi connectivity index (χ1v) is 10.8. The van der Waals surface area contributed by atoms with E-state index in [4.69, 9.17) is 16.6 Å². The average molecular weight is 412 g/mol. The second-order valence-corrected chi connectivity index (χ2v) is 8.55. The summed E-state index contributed by atoms with van der Waals surface area (Å²) in [6, 6.07) is 13.5. The zero-order valence-electron chi connectivity index (χ0n) is 15.8. The summed E-state index contributed by atoms with van der Waals surface area (Å²) >= 11 is 7.71. The van der Waals surface area contributed by atoms with Crippen molar-refractivity contribution in [2.75, 3.05) is 0 Å².